The van der Waals surface area contributed by atoms with E-state index in [-0.39, 0.29) is 11.7 Å². The molecule has 132 valence electrons. The summed E-state index contributed by atoms with van der Waals surface area (Å²) < 4.78 is 12.9. The topological polar surface area (TPSA) is 58.2 Å². The van der Waals surface area contributed by atoms with Gasteiger partial charge in [0.2, 0.25) is 11.8 Å². The number of benzene rings is 2. The first-order chi connectivity index (χ1) is 11.9. The van der Waals surface area contributed by atoms with Crippen molar-refractivity contribution in [3.63, 3.8) is 0 Å². The highest BCUT2D eigenvalue weighted by atomic mass is 19.1. The molecular formula is C20H23FN2O2. The first-order valence-electron chi connectivity index (χ1n) is 8.29. The molecule has 0 fully saturated rings. The van der Waals surface area contributed by atoms with Crippen molar-refractivity contribution in [1.29, 1.82) is 0 Å². The Morgan fingerprint density at radius 1 is 0.960 bits per heavy atom. The molecule has 0 unspecified atom stereocenters. The number of amides is 2. The zero-order valence-electron chi connectivity index (χ0n) is 14.5. The Balaban J connectivity index is 1.81. The van der Waals surface area contributed by atoms with Crippen molar-refractivity contribution in [3.05, 3.63) is 66.0 Å². The summed E-state index contributed by atoms with van der Waals surface area (Å²) in [5, 5.41) is 5.45. The van der Waals surface area contributed by atoms with Crippen molar-refractivity contribution in [2.75, 3.05) is 11.9 Å². The van der Waals surface area contributed by atoms with E-state index in [1.165, 1.54) is 29.8 Å². The molecule has 0 saturated carbocycles. The lowest BCUT2D eigenvalue weighted by Crippen LogP contribution is -2.45. The van der Waals surface area contributed by atoms with Crippen molar-refractivity contribution >= 4 is 17.5 Å². The Kier molecular flexibility index (Phi) is 6.28. The predicted octanol–water partition coefficient (Wildman–Crippen LogP) is 3.54. The average Bonchev–Trinajstić information content (AvgIpc) is 2.61. The van der Waals surface area contributed by atoms with Crippen molar-refractivity contribution < 1.29 is 14.0 Å². The van der Waals surface area contributed by atoms with Crippen molar-refractivity contribution in [2.24, 2.45) is 5.41 Å². The first-order valence-corrected chi connectivity index (χ1v) is 8.29. The zero-order chi connectivity index (χ0) is 18.3. The summed E-state index contributed by atoms with van der Waals surface area (Å²) in [6.07, 6.45) is 1.66. The van der Waals surface area contributed by atoms with Crippen LogP contribution in [-0.4, -0.2) is 18.4 Å². The second-order valence-corrected chi connectivity index (χ2v) is 6.43. The van der Waals surface area contributed by atoms with Gasteiger partial charge in [0.25, 0.3) is 0 Å². The van der Waals surface area contributed by atoms with Crippen molar-refractivity contribution in [2.45, 2.75) is 26.7 Å². The quantitative estimate of drug-likeness (QED) is 0.597. The molecule has 2 aromatic carbocycles. The second kappa shape index (κ2) is 8.42. The standard InChI is InChI=1S/C20H23FN2O2/c1-20(2,19(25)23-17-12-10-16(21)11-13-17)18(24)22-14-6-9-15-7-4-3-5-8-15/h3-5,7-8,10-13H,6,9,14H2,1-2H3,(H,22,24)(H,23,25). The fourth-order valence-corrected chi connectivity index (χ4v) is 2.28. The molecule has 2 N–H and O–H groups in total. The number of halogens is 1. The van der Waals surface area contributed by atoms with Crippen LogP contribution in [0.25, 0.3) is 0 Å². The van der Waals surface area contributed by atoms with Crippen LogP contribution < -0.4 is 10.6 Å². The van der Waals surface area contributed by atoms with Crippen LogP contribution in [0.5, 0.6) is 0 Å². The lowest BCUT2D eigenvalue weighted by molar-refractivity contribution is -0.138. The van der Waals surface area contributed by atoms with Gasteiger partial charge < -0.3 is 10.6 Å². The zero-order valence-corrected chi connectivity index (χ0v) is 14.5. The van der Waals surface area contributed by atoms with Gasteiger partial charge in [-0.25, -0.2) is 4.39 Å². The third kappa shape index (κ3) is 5.41. The number of carbonyl (C=O) groups is 2. The normalized spacial score (nSPS) is 11.0. The van der Waals surface area contributed by atoms with E-state index in [0.717, 1.165) is 12.8 Å². The second-order valence-electron chi connectivity index (χ2n) is 6.43. The Morgan fingerprint density at radius 3 is 2.24 bits per heavy atom. The Morgan fingerprint density at radius 2 is 1.60 bits per heavy atom. The SMILES string of the molecule is CC(C)(C(=O)NCCCc1ccccc1)C(=O)Nc1ccc(F)cc1. The third-order valence-electron chi connectivity index (χ3n) is 4.01. The maximum absolute atomic E-state index is 12.9. The Labute approximate surface area is 147 Å². The van der Waals surface area contributed by atoms with Crippen LogP contribution in [0.15, 0.2) is 54.6 Å². The van der Waals surface area contributed by atoms with Crippen molar-refractivity contribution in [3.8, 4) is 0 Å². The lowest BCUT2D eigenvalue weighted by atomic mass is 9.91. The molecule has 0 atom stereocenters. The van der Waals surface area contributed by atoms with Gasteiger partial charge in [-0.15, -0.1) is 0 Å². The highest BCUT2D eigenvalue weighted by Crippen LogP contribution is 2.19. The first kappa shape index (κ1) is 18.6. The van der Waals surface area contributed by atoms with Gasteiger partial charge in [0.05, 0.1) is 0 Å². The third-order valence-corrected chi connectivity index (χ3v) is 4.01. The van der Waals surface area contributed by atoms with E-state index in [1.54, 1.807) is 13.8 Å². The van der Waals surface area contributed by atoms with E-state index in [0.29, 0.717) is 12.2 Å². The molecule has 0 bridgehead atoms. The van der Waals surface area contributed by atoms with Gasteiger partial charge in [-0.05, 0) is 56.5 Å². The van der Waals surface area contributed by atoms with Gasteiger partial charge in [0, 0.05) is 12.2 Å². The number of rotatable bonds is 7. The summed E-state index contributed by atoms with van der Waals surface area (Å²) >= 11 is 0. The molecule has 0 saturated heterocycles. The van der Waals surface area contributed by atoms with Crippen LogP contribution in [-0.2, 0) is 16.0 Å². The molecule has 4 nitrogen and oxygen atoms in total. The molecule has 0 aliphatic heterocycles. The van der Waals surface area contributed by atoms with Crippen LogP contribution in [0, 0.1) is 11.2 Å². The molecule has 5 heteroatoms. The summed E-state index contributed by atoms with van der Waals surface area (Å²) in [6, 6.07) is 15.5. The molecular weight excluding hydrogens is 319 g/mol. The van der Waals surface area contributed by atoms with Gasteiger partial charge in [-0.3, -0.25) is 9.59 Å². The van der Waals surface area contributed by atoms with Gasteiger partial charge in [0.1, 0.15) is 11.2 Å². The summed E-state index contributed by atoms with van der Waals surface area (Å²) in [4.78, 5) is 24.7. The molecule has 2 rings (SSSR count). The van der Waals surface area contributed by atoms with E-state index in [9.17, 15) is 14.0 Å². The Hall–Kier alpha value is -2.69. The smallest absolute Gasteiger partial charge is 0.239 e. The maximum atomic E-state index is 12.9. The highest BCUT2D eigenvalue weighted by molar-refractivity contribution is 6.09. The van der Waals surface area contributed by atoms with E-state index in [2.05, 4.69) is 10.6 Å². The average molecular weight is 342 g/mol. The summed E-state index contributed by atoms with van der Waals surface area (Å²) in [5.74, 6) is -1.15. The largest absolute Gasteiger partial charge is 0.355 e. The van der Waals surface area contributed by atoms with Crippen LogP contribution >= 0.6 is 0 Å². The molecule has 2 aromatic rings. The number of hydrogen-bond acceptors (Lipinski definition) is 2. The number of nitrogens with one attached hydrogen (secondary N) is 2. The fourth-order valence-electron chi connectivity index (χ4n) is 2.28. The molecule has 2 amide bonds. The highest BCUT2D eigenvalue weighted by Gasteiger charge is 2.35. The Bertz CT molecular complexity index is 712. The van der Waals surface area contributed by atoms with Crippen LogP contribution in [0.4, 0.5) is 10.1 Å². The van der Waals surface area contributed by atoms with Gasteiger partial charge in [0.15, 0.2) is 0 Å². The summed E-state index contributed by atoms with van der Waals surface area (Å²) in [6.45, 7) is 3.64. The number of hydrogen-bond donors (Lipinski definition) is 2. The minimum absolute atomic E-state index is 0.333. The van der Waals surface area contributed by atoms with Gasteiger partial charge in [-0.1, -0.05) is 30.3 Å². The van der Waals surface area contributed by atoms with E-state index in [4.69, 9.17) is 0 Å². The van der Waals surface area contributed by atoms with E-state index >= 15 is 0 Å². The number of carbonyl (C=O) groups excluding carboxylic acids is 2. The minimum Gasteiger partial charge on any atom is -0.355 e. The molecule has 25 heavy (non-hydrogen) atoms. The molecule has 0 heterocycles. The molecule has 0 radical (unpaired) electrons. The molecule has 0 aliphatic carbocycles. The number of aryl methyl sites for hydroxylation is 1. The maximum Gasteiger partial charge on any atom is 0.239 e. The van der Waals surface area contributed by atoms with E-state index < -0.39 is 11.3 Å². The monoisotopic (exact) mass is 342 g/mol. The van der Waals surface area contributed by atoms with Gasteiger partial charge >= 0.3 is 0 Å². The van der Waals surface area contributed by atoms with Crippen LogP contribution in [0.3, 0.4) is 0 Å². The summed E-state index contributed by atoms with van der Waals surface area (Å²) in [7, 11) is 0. The predicted molar refractivity (Wildman–Crippen MR) is 96.6 cm³/mol. The van der Waals surface area contributed by atoms with Crippen LogP contribution in [0.1, 0.15) is 25.8 Å². The van der Waals surface area contributed by atoms with E-state index in [1.807, 2.05) is 30.3 Å². The lowest BCUT2D eigenvalue weighted by Gasteiger charge is -2.22. The molecule has 0 aromatic heterocycles. The molecule has 0 aliphatic rings. The minimum atomic E-state index is -1.22. The van der Waals surface area contributed by atoms with Gasteiger partial charge in [-0.2, -0.15) is 0 Å². The fraction of sp³-hybridized carbons (Fsp3) is 0.300. The number of anilines is 1. The van der Waals surface area contributed by atoms with Crippen molar-refractivity contribution in [1.82, 2.24) is 5.32 Å². The van der Waals surface area contributed by atoms with Crippen LogP contribution in [0.2, 0.25) is 0 Å². The molecule has 0 spiro atoms. The summed E-state index contributed by atoms with van der Waals surface area (Å²) in [5.41, 5.74) is 0.447.